The van der Waals surface area contributed by atoms with Crippen LogP contribution in [0.2, 0.25) is 0 Å². The van der Waals surface area contributed by atoms with Crippen LogP contribution in [0, 0.1) is 0 Å². The quantitative estimate of drug-likeness (QED) is 0.242. The number of carbonyl (C=O) groups is 3. The molecular formula is C15H17N7O6S3. The topological polar surface area (TPSA) is 183 Å². The van der Waals surface area contributed by atoms with E-state index in [4.69, 9.17) is 0 Å². The molecule has 3 aliphatic rings. The molecule has 0 aromatic carbocycles. The van der Waals surface area contributed by atoms with Crippen molar-refractivity contribution in [2.24, 2.45) is 12.0 Å². The highest BCUT2D eigenvalue weighted by Gasteiger charge is 2.54. The van der Waals surface area contributed by atoms with Gasteiger partial charge in [0, 0.05) is 24.3 Å². The number of rotatable bonds is 7. The molecule has 31 heavy (non-hydrogen) atoms. The summed E-state index contributed by atoms with van der Waals surface area (Å²) in [4.78, 5) is 41.8. The Morgan fingerprint density at radius 1 is 1.35 bits per heavy atom. The molecule has 0 aliphatic carbocycles. The van der Waals surface area contributed by atoms with E-state index in [2.05, 4.69) is 25.8 Å². The number of aromatic nitrogens is 4. The summed E-state index contributed by atoms with van der Waals surface area (Å²) >= 11 is 3.64. The molecule has 4 unspecified atom stereocenters. The van der Waals surface area contributed by atoms with Crippen LogP contribution >= 0.6 is 35.3 Å². The van der Waals surface area contributed by atoms with Crippen molar-refractivity contribution in [3.63, 3.8) is 0 Å². The van der Waals surface area contributed by atoms with Gasteiger partial charge in [-0.1, -0.05) is 11.8 Å². The number of aliphatic hydroxyl groups excluding tert-OH is 2. The fourth-order valence-electron chi connectivity index (χ4n) is 3.20. The van der Waals surface area contributed by atoms with Crippen LogP contribution < -0.4 is 5.32 Å². The van der Waals surface area contributed by atoms with Gasteiger partial charge in [-0.05, 0) is 16.0 Å². The van der Waals surface area contributed by atoms with E-state index in [1.165, 1.54) is 28.2 Å². The third kappa shape index (κ3) is 4.17. The van der Waals surface area contributed by atoms with Gasteiger partial charge >= 0.3 is 5.97 Å². The second kappa shape index (κ2) is 8.78. The zero-order valence-electron chi connectivity index (χ0n) is 15.9. The zero-order chi connectivity index (χ0) is 22.3. The number of carbonyl (C=O) groups excluding carboxylic acids is 2. The molecule has 3 aliphatic heterocycles. The van der Waals surface area contributed by atoms with E-state index in [9.17, 15) is 29.7 Å². The Kier molecular flexibility index (Phi) is 6.25. The number of hydrogen-bond acceptors (Lipinski definition) is 12. The number of thioether (sulfide) groups is 3. The number of carboxylic acid groups (broad SMARTS) is 1. The van der Waals surface area contributed by atoms with Crippen molar-refractivity contribution in [3.8, 4) is 0 Å². The van der Waals surface area contributed by atoms with Gasteiger partial charge in [-0.2, -0.15) is 0 Å². The van der Waals surface area contributed by atoms with E-state index < -0.39 is 40.9 Å². The highest BCUT2D eigenvalue weighted by atomic mass is 32.2. The Balaban J connectivity index is 1.44. The Bertz CT molecular complexity index is 997. The molecule has 0 radical (unpaired) electrons. The van der Waals surface area contributed by atoms with Crippen LogP contribution in [0.15, 0.2) is 21.4 Å². The minimum Gasteiger partial charge on any atom is -0.477 e. The van der Waals surface area contributed by atoms with Crippen molar-refractivity contribution in [1.82, 2.24) is 30.4 Å². The number of aliphatic hydroxyl groups is 2. The lowest BCUT2D eigenvalue weighted by Crippen LogP contribution is -2.71. The number of aryl methyl sites for hydroxylation is 1. The molecule has 1 aromatic rings. The van der Waals surface area contributed by atoms with Gasteiger partial charge in [0.1, 0.15) is 17.1 Å². The van der Waals surface area contributed by atoms with Crippen LogP contribution in [-0.4, -0.2) is 104 Å². The summed E-state index contributed by atoms with van der Waals surface area (Å²) < 4.78 is 1.46. The SMILES string of the molecule is Cn1nnnc1SCC1=C(C(=O)O)N2C(=O)C(NC(=O)C(O)C3=NC(O)SC3)C2SC1. The largest absolute Gasteiger partial charge is 0.477 e. The number of amides is 2. The monoisotopic (exact) mass is 487 g/mol. The first kappa shape index (κ1) is 22.1. The molecule has 2 amide bonds. The molecular weight excluding hydrogens is 470 g/mol. The number of fused-ring (bicyclic) bond motifs is 1. The minimum absolute atomic E-state index is 0.109. The average Bonchev–Trinajstić information content (AvgIpc) is 3.36. The molecule has 4 rings (SSSR count). The van der Waals surface area contributed by atoms with Crippen molar-refractivity contribution in [2.75, 3.05) is 17.3 Å². The maximum atomic E-state index is 12.7. The predicted molar refractivity (Wildman–Crippen MR) is 111 cm³/mol. The molecule has 1 saturated heterocycles. The van der Waals surface area contributed by atoms with Gasteiger partial charge in [0.15, 0.2) is 11.7 Å². The molecule has 13 nitrogen and oxygen atoms in total. The van der Waals surface area contributed by atoms with E-state index in [0.717, 1.165) is 16.7 Å². The van der Waals surface area contributed by atoms with E-state index in [1.54, 1.807) is 7.05 Å². The van der Waals surface area contributed by atoms with Crippen LogP contribution in [-0.2, 0) is 21.4 Å². The van der Waals surface area contributed by atoms with Gasteiger partial charge in [0.25, 0.3) is 11.8 Å². The molecule has 1 fully saturated rings. The van der Waals surface area contributed by atoms with E-state index in [0.29, 0.717) is 16.5 Å². The lowest BCUT2D eigenvalue weighted by Gasteiger charge is -2.49. The number of β-lactam (4-membered cyclic amide) rings is 1. The molecule has 16 heteroatoms. The van der Waals surface area contributed by atoms with Crippen LogP contribution in [0.1, 0.15) is 0 Å². The maximum absolute atomic E-state index is 12.7. The highest BCUT2D eigenvalue weighted by molar-refractivity contribution is 8.01. The number of carboxylic acids is 1. The summed E-state index contributed by atoms with van der Waals surface area (Å²) in [6, 6.07) is -0.960. The summed E-state index contributed by atoms with van der Waals surface area (Å²) in [6.07, 6.45) is -1.58. The number of nitrogens with one attached hydrogen (secondary N) is 1. The number of tetrazole rings is 1. The summed E-state index contributed by atoms with van der Waals surface area (Å²) in [6.45, 7) is 0. The Morgan fingerprint density at radius 2 is 2.13 bits per heavy atom. The Morgan fingerprint density at radius 3 is 2.74 bits per heavy atom. The lowest BCUT2D eigenvalue weighted by molar-refractivity contribution is -0.151. The number of aliphatic imine (C=N–C) groups is 1. The smallest absolute Gasteiger partial charge is 0.352 e. The first-order valence-electron chi connectivity index (χ1n) is 8.87. The Labute approximate surface area is 187 Å². The lowest BCUT2D eigenvalue weighted by atomic mass is 10.0. The molecule has 1 aromatic heterocycles. The minimum atomic E-state index is -1.58. The van der Waals surface area contributed by atoms with Crippen molar-refractivity contribution in [2.45, 2.75) is 28.2 Å². The predicted octanol–water partition coefficient (Wildman–Crippen LogP) is -2.13. The van der Waals surface area contributed by atoms with Gasteiger partial charge in [0.05, 0.1) is 5.71 Å². The molecule has 4 N–H and O–H groups in total. The molecule has 0 bridgehead atoms. The van der Waals surface area contributed by atoms with Gasteiger partial charge in [-0.15, -0.1) is 28.6 Å². The van der Waals surface area contributed by atoms with E-state index in [1.807, 2.05) is 0 Å². The fraction of sp³-hybridized carbons (Fsp3) is 0.533. The standard InChI is InChI=1S/C15H17N7O6S3/c1-21-14(18-19-20-21)30-3-5-2-29-12-7(11(25)22(12)8(5)13(26)27)17-10(24)9(23)6-4-31-15(28)16-6/h7,9,12,15,23,28H,2-4H2,1H3,(H,17,24)(H,26,27). The number of aliphatic carboxylic acids is 1. The van der Waals surface area contributed by atoms with Crippen LogP contribution in [0.5, 0.6) is 0 Å². The van der Waals surface area contributed by atoms with Crippen LogP contribution in [0.4, 0.5) is 0 Å². The second-order valence-electron chi connectivity index (χ2n) is 6.69. The second-order valence-corrected chi connectivity index (χ2v) is 9.78. The van der Waals surface area contributed by atoms with Crippen molar-refractivity contribution in [1.29, 1.82) is 0 Å². The third-order valence-corrected chi connectivity index (χ3v) is 8.03. The van der Waals surface area contributed by atoms with Gasteiger partial charge in [-0.3, -0.25) is 14.5 Å². The van der Waals surface area contributed by atoms with Crippen molar-refractivity contribution < 1.29 is 29.7 Å². The molecule has 0 saturated carbocycles. The molecule has 4 atom stereocenters. The summed E-state index contributed by atoms with van der Waals surface area (Å²) in [5, 5.41) is 42.7. The normalized spacial score (nSPS) is 26.3. The summed E-state index contributed by atoms with van der Waals surface area (Å²) in [5.41, 5.74) is -0.462. The third-order valence-electron chi connectivity index (χ3n) is 4.72. The maximum Gasteiger partial charge on any atom is 0.352 e. The average molecular weight is 488 g/mol. The highest BCUT2D eigenvalue weighted by Crippen LogP contribution is 2.41. The van der Waals surface area contributed by atoms with E-state index >= 15 is 0 Å². The van der Waals surface area contributed by atoms with E-state index in [-0.39, 0.29) is 22.9 Å². The molecule has 166 valence electrons. The number of nitrogens with zero attached hydrogens (tertiary/aromatic N) is 6. The van der Waals surface area contributed by atoms with Crippen molar-refractivity contribution >= 4 is 58.8 Å². The number of hydrogen-bond donors (Lipinski definition) is 4. The van der Waals surface area contributed by atoms with Gasteiger partial charge in [0.2, 0.25) is 5.16 Å². The van der Waals surface area contributed by atoms with Gasteiger partial charge < -0.3 is 20.6 Å². The van der Waals surface area contributed by atoms with Crippen LogP contribution in [0.25, 0.3) is 0 Å². The van der Waals surface area contributed by atoms with Crippen LogP contribution in [0.3, 0.4) is 0 Å². The molecule has 4 heterocycles. The van der Waals surface area contributed by atoms with Crippen molar-refractivity contribution in [3.05, 3.63) is 11.3 Å². The summed E-state index contributed by atoms with van der Waals surface area (Å²) in [7, 11) is 1.66. The Hall–Kier alpha value is -2.14. The first-order chi connectivity index (χ1) is 14.8. The summed E-state index contributed by atoms with van der Waals surface area (Å²) in [5.74, 6) is -1.79. The molecule has 0 spiro atoms. The zero-order valence-corrected chi connectivity index (χ0v) is 18.4. The fourth-order valence-corrected chi connectivity index (χ4v) is 6.30. The first-order valence-corrected chi connectivity index (χ1v) is 12.0. The van der Waals surface area contributed by atoms with Gasteiger partial charge in [-0.25, -0.2) is 14.5 Å².